The Balaban J connectivity index is 1.54. The maximum absolute atomic E-state index is 14.1. The van der Waals surface area contributed by atoms with E-state index in [1.165, 1.54) is 12.1 Å². The minimum atomic E-state index is -4.42. The Morgan fingerprint density at radius 1 is 0.929 bits per heavy atom. The maximum Gasteiger partial charge on any atom is 0.416 e. The highest BCUT2D eigenvalue weighted by Crippen LogP contribution is 2.29. The molecule has 3 rings (SSSR count). The van der Waals surface area contributed by atoms with Crippen molar-refractivity contribution in [3.8, 4) is 0 Å². The van der Waals surface area contributed by atoms with Gasteiger partial charge in [-0.2, -0.15) is 13.2 Å². The first-order valence-electron chi connectivity index (χ1n) is 8.89. The van der Waals surface area contributed by atoms with Gasteiger partial charge in [0.25, 0.3) is 0 Å². The van der Waals surface area contributed by atoms with Gasteiger partial charge in [-0.25, -0.2) is 4.39 Å². The number of hydrogen-bond acceptors (Lipinski definition) is 3. The average Bonchev–Trinajstić information content (AvgIpc) is 2.61. The first-order chi connectivity index (χ1) is 13.1. The van der Waals surface area contributed by atoms with E-state index in [9.17, 15) is 22.4 Å². The van der Waals surface area contributed by atoms with Crippen LogP contribution in [0.25, 0.3) is 0 Å². The van der Waals surface area contributed by atoms with Crippen molar-refractivity contribution in [1.29, 1.82) is 5.41 Å². The van der Waals surface area contributed by atoms with Crippen LogP contribution in [0.3, 0.4) is 0 Å². The van der Waals surface area contributed by atoms with Gasteiger partial charge in [-0.15, -0.1) is 0 Å². The van der Waals surface area contributed by atoms with Gasteiger partial charge in [0.1, 0.15) is 5.67 Å². The van der Waals surface area contributed by atoms with Gasteiger partial charge in [-0.1, -0.05) is 36.4 Å². The molecule has 0 aromatic heterocycles. The summed E-state index contributed by atoms with van der Waals surface area (Å²) in [5, 5.41) is 10.9. The lowest BCUT2D eigenvalue weighted by Crippen LogP contribution is -2.57. The van der Waals surface area contributed by atoms with Crippen LogP contribution < -0.4 is 5.32 Å². The average molecular weight is 392 g/mol. The van der Waals surface area contributed by atoms with Gasteiger partial charge in [-0.05, 0) is 28.8 Å². The number of nitrogens with one attached hydrogen (secondary N) is 2. The minimum Gasteiger partial charge on any atom is -0.310 e. The molecule has 7 heteroatoms. The van der Waals surface area contributed by atoms with Crippen molar-refractivity contribution in [3.63, 3.8) is 0 Å². The number of carbonyl (C=O) groups excluding carboxylic acids is 1. The summed E-state index contributed by atoms with van der Waals surface area (Å²) in [5.41, 5.74) is -0.0411. The monoisotopic (exact) mass is 392 g/mol. The van der Waals surface area contributed by atoms with Crippen LogP contribution in [0.4, 0.5) is 17.6 Å². The molecule has 0 amide bonds. The number of alkyl halides is 4. The van der Waals surface area contributed by atoms with Gasteiger partial charge < -0.3 is 10.7 Å². The van der Waals surface area contributed by atoms with Gasteiger partial charge in [0.05, 0.1) is 11.3 Å². The van der Waals surface area contributed by atoms with Crippen molar-refractivity contribution in [1.82, 2.24) is 5.32 Å². The number of halogens is 4. The SMILES string of the molecule is N=C(Cc1ccc(CC2(F)CNC2)cc1)C(=O)Cc1ccc(C(F)(F)F)cc1. The number of benzene rings is 2. The van der Waals surface area contributed by atoms with E-state index in [0.717, 1.165) is 23.3 Å². The van der Waals surface area contributed by atoms with Crippen molar-refractivity contribution >= 4 is 11.5 Å². The highest BCUT2D eigenvalue weighted by molar-refractivity contribution is 6.39. The molecule has 1 aliphatic rings. The molecular formula is C21H20F4N2O. The van der Waals surface area contributed by atoms with Crippen LogP contribution in [0.1, 0.15) is 22.3 Å². The number of rotatable bonds is 7. The van der Waals surface area contributed by atoms with Crippen molar-refractivity contribution in [2.45, 2.75) is 31.1 Å². The molecule has 28 heavy (non-hydrogen) atoms. The van der Waals surface area contributed by atoms with Crippen molar-refractivity contribution in [2.24, 2.45) is 0 Å². The Hall–Kier alpha value is -2.54. The van der Waals surface area contributed by atoms with Crippen LogP contribution >= 0.6 is 0 Å². The minimum absolute atomic E-state index is 0.113. The summed E-state index contributed by atoms with van der Waals surface area (Å²) in [4.78, 5) is 12.2. The Labute approximate surface area is 160 Å². The fraction of sp³-hybridized carbons (Fsp3) is 0.333. The molecular weight excluding hydrogens is 372 g/mol. The normalized spacial score (nSPS) is 15.7. The Morgan fingerprint density at radius 2 is 1.43 bits per heavy atom. The fourth-order valence-corrected chi connectivity index (χ4v) is 3.07. The van der Waals surface area contributed by atoms with Crippen molar-refractivity contribution < 1.29 is 22.4 Å². The van der Waals surface area contributed by atoms with E-state index in [-0.39, 0.29) is 18.6 Å². The topological polar surface area (TPSA) is 53.0 Å². The van der Waals surface area contributed by atoms with Gasteiger partial charge in [-0.3, -0.25) is 4.79 Å². The summed E-state index contributed by atoms with van der Waals surface area (Å²) in [6, 6.07) is 11.5. The molecule has 1 aliphatic heterocycles. The van der Waals surface area contributed by atoms with E-state index >= 15 is 0 Å². The van der Waals surface area contributed by atoms with Crippen LogP contribution in [0, 0.1) is 5.41 Å². The van der Waals surface area contributed by atoms with E-state index in [4.69, 9.17) is 5.41 Å². The van der Waals surface area contributed by atoms with E-state index in [0.29, 0.717) is 25.1 Å². The van der Waals surface area contributed by atoms with Gasteiger partial charge in [0.15, 0.2) is 5.78 Å². The van der Waals surface area contributed by atoms with Crippen LogP contribution in [0.2, 0.25) is 0 Å². The highest BCUT2D eigenvalue weighted by atomic mass is 19.4. The summed E-state index contributed by atoms with van der Waals surface area (Å²) in [6.07, 6.45) is -4.09. The molecule has 0 unspecified atom stereocenters. The van der Waals surface area contributed by atoms with E-state index in [1.54, 1.807) is 24.3 Å². The third-order valence-electron chi connectivity index (χ3n) is 4.79. The molecule has 2 aromatic rings. The quantitative estimate of drug-likeness (QED) is 0.554. The summed E-state index contributed by atoms with van der Waals surface area (Å²) in [5.74, 6) is -0.438. The number of Topliss-reactive ketones (excluding diaryl/α,β-unsaturated/α-hetero) is 1. The number of hydrogen-bond donors (Lipinski definition) is 2. The second kappa shape index (κ2) is 7.83. The van der Waals surface area contributed by atoms with E-state index in [2.05, 4.69) is 5.32 Å². The Morgan fingerprint density at radius 3 is 1.93 bits per heavy atom. The number of ketones is 1. The molecule has 148 valence electrons. The van der Waals surface area contributed by atoms with Crippen LogP contribution in [-0.2, 0) is 30.2 Å². The third kappa shape index (κ3) is 5.04. The largest absolute Gasteiger partial charge is 0.416 e. The lowest BCUT2D eigenvalue weighted by atomic mass is 9.90. The van der Waals surface area contributed by atoms with Crippen molar-refractivity contribution in [2.75, 3.05) is 13.1 Å². The molecule has 0 aliphatic carbocycles. The van der Waals surface area contributed by atoms with Crippen LogP contribution in [-0.4, -0.2) is 30.3 Å². The van der Waals surface area contributed by atoms with Gasteiger partial charge in [0, 0.05) is 32.4 Å². The van der Waals surface area contributed by atoms with E-state index < -0.39 is 23.2 Å². The molecule has 2 aromatic carbocycles. The standard InChI is InChI=1S/C21H20F4N2O/c22-20(12-27-13-20)11-16-3-1-14(2-4-16)9-18(26)19(28)10-15-5-7-17(8-6-15)21(23,24)25/h1-8,26-27H,9-13H2. The fourth-order valence-electron chi connectivity index (χ4n) is 3.07. The van der Waals surface area contributed by atoms with E-state index in [1.807, 2.05) is 0 Å². The molecule has 0 atom stereocenters. The van der Waals surface area contributed by atoms with Crippen LogP contribution in [0.5, 0.6) is 0 Å². The molecule has 1 saturated heterocycles. The van der Waals surface area contributed by atoms with Gasteiger partial charge in [0.2, 0.25) is 0 Å². The molecule has 0 bridgehead atoms. The zero-order valence-corrected chi connectivity index (χ0v) is 15.1. The predicted octanol–water partition coefficient (Wildman–Crippen LogP) is 3.93. The Bertz CT molecular complexity index is 853. The molecule has 1 fully saturated rings. The first-order valence-corrected chi connectivity index (χ1v) is 8.89. The lowest BCUT2D eigenvalue weighted by Gasteiger charge is -2.35. The highest BCUT2D eigenvalue weighted by Gasteiger charge is 2.36. The second-order valence-corrected chi connectivity index (χ2v) is 7.20. The lowest BCUT2D eigenvalue weighted by molar-refractivity contribution is -0.137. The summed E-state index contributed by atoms with van der Waals surface area (Å²) in [7, 11) is 0. The second-order valence-electron chi connectivity index (χ2n) is 7.20. The molecule has 2 N–H and O–H groups in total. The van der Waals surface area contributed by atoms with Crippen molar-refractivity contribution in [3.05, 3.63) is 70.8 Å². The number of carbonyl (C=O) groups is 1. The maximum atomic E-state index is 14.1. The zero-order chi connectivity index (χ0) is 20.4. The third-order valence-corrected chi connectivity index (χ3v) is 4.79. The molecule has 0 spiro atoms. The van der Waals surface area contributed by atoms with Gasteiger partial charge >= 0.3 is 6.18 Å². The molecule has 0 radical (unpaired) electrons. The molecule has 1 heterocycles. The van der Waals surface area contributed by atoms with Crippen LogP contribution in [0.15, 0.2) is 48.5 Å². The summed E-state index contributed by atoms with van der Waals surface area (Å²) in [6.45, 7) is 0.690. The Kier molecular flexibility index (Phi) is 5.65. The first kappa shape index (κ1) is 20.2. The molecule has 3 nitrogen and oxygen atoms in total. The molecule has 0 saturated carbocycles. The smallest absolute Gasteiger partial charge is 0.310 e. The predicted molar refractivity (Wildman–Crippen MR) is 98.4 cm³/mol. The summed E-state index contributed by atoms with van der Waals surface area (Å²) < 4.78 is 51.8. The summed E-state index contributed by atoms with van der Waals surface area (Å²) >= 11 is 0. The zero-order valence-electron chi connectivity index (χ0n) is 15.1.